The summed E-state index contributed by atoms with van der Waals surface area (Å²) in [4.78, 5) is 42.1. The number of anilines is 1. The molecule has 2 aromatic carbocycles. The van der Waals surface area contributed by atoms with Crippen LogP contribution in [0.3, 0.4) is 0 Å². The van der Waals surface area contributed by atoms with Crippen LogP contribution < -0.4 is 10.6 Å². The zero-order valence-electron chi connectivity index (χ0n) is 23.4. The molecule has 7 nitrogen and oxygen atoms in total. The van der Waals surface area contributed by atoms with Crippen LogP contribution in [0.4, 0.5) is 10.5 Å². The third-order valence-electron chi connectivity index (χ3n) is 6.05. The lowest BCUT2D eigenvalue weighted by atomic mass is 9.92. The van der Waals surface area contributed by atoms with Crippen molar-refractivity contribution in [3.8, 4) is 0 Å². The first-order valence-electron chi connectivity index (χ1n) is 12.5. The van der Waals surface area contributed by atoms with Crippen LogP contribution in [0.2, 0.25) is 0 Å². The minimum Gasteiger partial charge on any atom is -0.444 e. The molecule has 2 unspecified atom stereocenters. The first-order chi connectivity index (χ1) is 17.2. The van der Waals surface area contributed by atoms with Crippen LogP contribution in [0.5, 0.6) is 0 Å². The van der Waals surface area contributed by atoms with Crippen LogP contribution in [0, 0.1) is 27.7 Å². The monoisotopic (exact) mass is 527 g/mol. The van der Waals surface area contributed by atoms with Crippen molar-refractivity contribution in [2.45, 2.75) is 86.0 Å². The van der Waals surface area contributed by atoms with Crippen molar-refractivity contribution < 1.29 is 19.1 Å². The molecule has 0 saturated heterocycles. The molecule has 37 heavy (non-hydrogen) atoms. The summed E-state index contributed by atoms with van der Waals surface area (Å²) in [5.41, 5.74) is 4.39. The molecule has 8 heteroatoms. The minimum absolute atomic E-state index is 0.0410. The van der Waals surface area contributed by atoms with E-state index in [9.17, 15) is 14.4 Å². The van der Waals surface area contributed by atoms with E-state index in [1.54, 1.807) is 20.8 Å². The van der Waals surface area contributed by atoms with Gasteiger partial charge in [0, 0.05) is 17.5 Å². The Morgan fingerprint density at radius 1 is 0.919 bits per heavy atom. The van der Waals surface area contributed by atoms with Crippen molar-refractivity contribution in [3.05, 3.63) is 64.2 Å². The first kappa shape index (κ1) is 30.2. The summed E-state index contributed by atoms with van der Waals surface area (Å²) in [5, 5.41) is 5.73. The van der Waals surface area contributed by atoms with Crippen LogP contribution >= 0.6 is 12.6 Å². The number of hydrogen-bond acceptors (Lipinski definition) is 5. The Labute approximate surface area is 226 Å². The zero-order chi connectivity index (χ0) is 28.1. The summed E-state index contributed by atoms with van der Waals surface area (Å²) in [6, 6.07) is 9.31. The Balaban J connectivity index is 2.58. The fourth-order valence-electron chi connectivity index (χ4n) is 4.35. The average Bonchev–Trinajstić information content (AvgIpc) is 2.77. The molecule has 0 saturated carbocycles. The number of thiol groups is 1. The number of nitrogens with zero attached hydrogens (tertiary/aromatic N) is 1. The summed E-state index contributed by atoms with van der Waals surface area (Å²) in [6.07, 6.45) is -0.716. The molecule has 2 atom stereocenters. The van der Waals surface area contributed by atoms with Gasteiger partial charge in [0.05, 0.1) is 0 Å². The van der Waals surface area contributed by atoms with E-state index in [-0.39, 0.29) is 17.7 Å². The Bertz CT molecular complexity index is 1100. The maximum absolute atomic E-state index is 14.1. The van der Waals surface area contributed by atoms with Gasteiger partial charge in [-0.25, -0.2) is 4.79 Å². The third kappa shape index (κ3) is 7.74. The number of amides is 3. The number of carbonyl (C=O) groups excluding carboxylic acids is 3. The predicted molar refractivity (Wildman–Crippen MR) is 152 cm³/mol. The van der Waals surface area contributed by atoms with Gasteiger partial charge in [-0.2, -0.15) is 12.6 Å². The Kier molecular flexibility index (Phi) is 10.2. The van der Waals surface area contributed by atoms with Gasteiger partial charge >= 0.3 is 6.09 Å². The predicted octanol–water partition coefficient (Wildman–Crippen LogP) is 5.66. The van der Waals surface area contributed by atoms with Gasteiger partial charge in [-0.05, 0) is 90.1 Å². The number of alkyl carbamates (subject to hydrolysis) is 1. The number of hydrogen-bond donors (Lipinski definition) is 3. The first-order valence-corrected chi connectivity index (χ1v) is 13.2. The number of aryl methyl sites for hydroxylation is 4. The van der Waals surface area contributed by atoms with E-state index in [4.69, 9.17) is 4.74 Å². The highest BCUT2D eigenvalue weighted by Gasteiger charge is 2.39. The molecule has 3 amide bonds. The van der Waals surface area contributed by atoms with Crippen LogP contribution in [0.25, 0.3) is 0 Å². The fourth-order valence-corrected chi connectivity index (χ4v) is 4.60. The van der Waals surface area contributed by atoms with E-state index in [0.29, 0.717) is 0 Å². The lowest BCUT2D eigenvalue weighted by Gasteiger charge is -2.38. The Hall–Kier alpha value is -3.00. The van der Waals surface area contributed by atoms with Crippen LogP contribution in [-0.4, -0.2) is 46.2 Å². The van der Waals surface area contributed by atoms with Crippen LogP contribution in [-0.2, 0) is 14.3 Å². The molecule has 0 spiro atoms. The van der Waals surface area contributed by atoms with Gasteiger partial charge in [-0.3, -0.25) is 9.59 Å². The van der Waals surface area contributed by atoms with Crippen LogP contribution in [0.1, 0.15) is 68.5 Å². The molecule has 0 aliphatic heterocycles. The van der Waals surface area contributed by atoms with Gasteiger partial charge in [0.25, 0.3) is 5.91 Å². The standard InChI is InChI=1S/C29H41N3O4S/c1-17(2)32(27(34)22(16-37)30-28(35)36-29(7,8)9)25(23-18(3)12-10-13-19(23)4)26(33)31-24-20(5)14-11-15-21(24)6/h10-15,17,22,25,37H,16H2,1-9H3,(H,30,35)(H,31,33). The molecule has 2 aromatic rings. The lowest BCUT2D eigenvalue weighted by molar-refractivity contribution is -0.142. The summed E-state index contributed by atoms with van der Waals surface area (Å²) >= 11 is 4.34. The number of para-hydroxylation sites is 1. The molecule has 0 aliphatic carbocycles. The van der Waals surface area contributed by atoms with Gasteiger partial charge in [-0.1, -0.05) is 36.4 Å². The van der Waals surface area contributed by atoms with Crippen molar-refractivity contribution >= 4 is 36.2 Å². The topological polar surface area (TPSA) is 87.7 Å². The number of rotatable bonds is 8. The lowest BCUT2D eigenvalue weighted by Crippen LogP contribution is -2.55. The molecule has 0 fully saturated rings. The fraction of sp³-hybridized carbons (Fsp3) is 0.483. The number of carbonyl (C=O) groups is 3. The normalized spacial score (nSPS) is 13.1. The second-order valence-electron chi connectivity index (χ2n) is 10.7. The van der Waals surface area contributed by atoms with Crippen molar-refractivity contribution in [2.24, 2.45) is 0 Å². The molecular formula is C29H41N3O4S. The highest BCUT2D eigenvalue weighted by molar-refractivity contribution is 7.80. The van der Waals surface area contributed by atoms with E-state index in [0.717, 1.165) is 33.5 Å². The quantitative estimate of drug-likeness (QED) is 0.387. The highest BCUT2D eigenvalue weighted by Crippen LogP contribution is 2.32. The van der Waals surface area contributed by atoms with Crippen molar-refractivity contribution in [2.75, 3.05) is 11.1 Å². The Morgan fingerprint density at radius 3 is 1.84 bits per heavy atom. The van der Waals surface area contributed by atoms with Gasteiger partial charge in [0.15, 0.2) is 0 Å². The van der Waals surface area contributed by atoms with E-state index < -0.39 is 29.7 Å². The van der Waals surface area contributed by atoms with E-state index >= 15 is 0 Å². The average molecular weight is 528 g/mol. The highest BCUT2D eigenvalue weighted by atomic mass is 32.1. The molecule has 0 aromatic heterocycles. The summed E-state index contributed by atoms with van der Waals surface area (Å²) in [5.74, 6) is -0.702. The molecule has 0 heterocycles. The SMILES string of the molecule is Cc1cccc(C)c1NC(=O)C(c1c(C)cccc1C)N(C(=O)C(CS)NC(=O)OC(C)(C)C)C(C)C. The van der Waals surface area contributed by atoms with Crippen molar-refractivity contribution in [3.63, 3.8) is 0 Å². The number of benzene rings is 2. The van der Waals surface area contributed by atoms with E-state index in [2.05, 4.69) is 23.3 Å². The molecule has 0 bridgehead atoms. The molecular weight excluding hydrogens is 486 g/mol. The molecule has 2 N–H and O–H groups in total. The van der Waals surface area contributed by atoms with Crippen molar-refractivity contribution in [1.29, 1.82) is 0 Å². The minimum atomic E-state index is -0.986. The molecule has 2 rings (SSSR count). The summed E-state index contributed by atoms with van der Waals surface area (Å²) in [7, 11) is 0. The summed E-state index contributed by atoms with van der Waals surface area (Å²) in [6.45, 7) is 16.7. The second-order valence-corrected chi connectivity index (χ2v) is 11.0. The maximum atomic E-state index is 14.1. The Morgan fingerprint density at radius 2 is 1.41 bits per heavy atom. The van der Waals surface area contributed by atoms with Gasteiger partial charge in [0.2, 0.25) is 5.91 Å². The van der Waals surface area contributed by atoms with E-state index in [1.165, 1.54) is 4.90 Å². The summed E-state index contributed by atoms with van der Waals surface area (Å²) < 4.78 is 5.36. The third-order valence-corrected chi connectivity index (χ3v) is 6.42. The zero-order valence-corrected chi connectivity index (χ0v) is 24.3. The molecule has 202 valence electrons. The second kappa shape index (κ2) is 12.5. The van der Waals surface area contributed by atoms with Gasteiger partial charge in [0.1, 0.15) is 17.7 Å². The largest absolute Gasteiger partial charge is 0.444 e. The van der Waals surface area contributed by atoms with Crippen LogP contribution in [0.15, 0.2) is 36.4 Å². The van der Waals surface area contributed by atoms with Gasteiger partial charge in [-0.15, -0.1) is 0 Å². The van der Waals surface area contributed by atoms with Crippen molar-refractivity contribution in [1.82, 2.24) is 10.2 Å². The smallest absolute Gasteiger partial charge is 0.408 e. The molecule has 0 radical (unpaired) electrons. The number of ether oxygens (including phenoxy) is 1. The number of nitrogens with one attached hydrogen (secondary N) is 2. The molecule has 0 aliphatic rings. The van der Waals surface area contributed by atoms with Gasteiger partial charge < -0.3 is 20.3 Å². The van der Waals surface area contributed by atoms with E-state index in [1.807, 2.05) is 77.9 Å². The maximum Gasteiger partial charge on any atom is 0.408 e.